The lowest BCUT2D eigenvalue weighted by Gasteiger charge is -2.31. The maximum absolute atomic E-state index is 13.0. The molecule has 3 heterocycles. The number of ether oxygens (including phenoxy) is 1. The van der Waals surface area contributed by atoms with Crippen molar-refractivity contribution in [3.8, 4) is 5.19 Å². The van der Waals surface area contributed by atoms with Crippen LogP contribution in [0.15, 0.2) is 18.3 Å². The van der Waals surface area contributed by atoms with Gasteiger partial charge in [-0.25, -0.2) is 13.8 Å². The van der Waals surface area contributed by atoms with Gasteiger partial charge in [-0.15, -0.1) is 0 Å². The first-order chi connectivity index (χ1) is 15.7. The summed E-state index contributed by atoms with van der Waals surface area (Å²) < 4.78 is 31.3. The molecule has 2 aliphatic rings. The molecule has 5 nitrogen and oxygen atoms in total. The van der Waals surface area contributed by atoms with Crippen LogP contribution in [-0.4, -0.2) is 46.3 Å². The van der Waals surface area contributed by atoms with Gasteiger partial charge in [0, 0.05) is 48.8 Å². The number of alkyl halides is 2. The van der Waals surface area contributed by atoms with E-state index in [2.05, 4.69) is 14.9 Å². The number of hydrogen-bond acceptors (Lipinski definition) is 6. The van der Waals surface area contributed by atoms with E-state index in [0.717, 1.165) is 74.1 Å². The first kappa shape index (κ1) is 24.2. The Bertz CT molecular complexity index is 951. The molecule has 2 aromatic rings. The molecule has 0 saturated heterocycles. The van der Waals surface area contributed by atoms with Gasteiger partial charge >= 0.3 is 0 Å². The quantitative estimate of drug-likeness (QED) is 0.433. The molecule has 0 unspecified atom stereocenters. The minimum Gasteiger partial charge on any atom is -0.464 e. The molecule has 4 rings (SSSR count). The van der Waals surface area contributed by atoms with E-state index in [1.165, 1.54) is 24.2 Å². The lowest BCUT2D eigenvalue weighted by atomic mass is 9.78. The van der Waals surface area contributed by atoms with Crippen LogP contribution >= 0.6 is 11.3 Å². The number of thiazole rings is 1. The number of hydrogen-bond donors (Lipinski definition) is 0. The van der Waals surface area contributed by atoms with E-state index in [0.29, 0.717) is 23.5 Å². The molecule has 2 aromatic heterocycles. The van der Waals surface area contributed by atoms with Crippen molar-refractivity contribution < 1.29 is 18.3 Å². The number of halogens is 2. The lowest BCUT2D eigenvalue weighted by molar-refractivity contribution is -0.0230. The summed E-state index contributed by atoms with van der Waals surface area (Å²) in [7, 11) is 0. The van der Waals surface area contributed by atoms with Crippen LogP contribution in [0.2, 0.25) is 0 Å². The molecule has 0 amide bonds. The average Bonchev–Trinajstić information content (AvgIpc) is 3.19. The fourth-order valence-corrected chi connectivity index (χ4v) is 5.76. The third-order valence-electron chi connectivity index (χ3n) is 6.75. The Balaban J connectivity index is 1.18. The van der Waals surface area contributed by atoms with Gasteiger partial charge in [0.2, 0.25) is 0 Å². The second-order valence-electron chi connectivity index (χ2n) is 9.72. The normalized spacial score (nSPS) is 21.6. The van der Waals surface area contributed by atoms with Crippen LogP contribution in [0.4, 0.5) is 8.78 Å². The van der Waals surface area contributed by atoms with Gasteiger partial charge in [-0.3, -0.25) is 14.7 Å². The van der Waals surface area contributed by atoms with Crippen LogP contribution in [-0.2, 0) is 13.0 Å². The van der Waals surface area contributed by atoms with Gasteiger partial charge in [0.25, 0.3) is 11.1 Å². The van der Waals surface area contributed by atoms with Crippen LogP contribution in [0.3, 0.4) is 0 Å². The number of nitrogens with zero attached hydrogens (tertiary/aromatic N) is 3. The zero-order valence-corrected chi connectivity index (χ0v) is 20.3. The second kappa shape index (κ2) is 10.6. The van der Waals surface area contributed by atoms with E-state index < -0.39 is 12.5 Å². The molecule has 33 heavy (non-hydrogen) atoms. The van der Waals surface area contributed by atoms with Crippen molar-refractivity contribution >= 4 is 17.1 Å². The molecule has 0 N–H and O–H groups in total. The number of fused-ring (bicyclic) bond motifs is 1. The molecule has 1 aliphatic carbocycles. The molecular formula is C25H33F2N3O2S. The number of carbonyl (C=O) groups is 1. The fraction of sp³-hybridized carbons (Fsp3) is 0.640. The van der Waals surface area contributed by atoms with Crippen LogP contribution in [0.25, 0.3) is 0 Å². The Kier molecular flexibility index (Phi) is 7.74. The summed E-state index contributed by atoms with van der Waals surface area (Å²) in [5.74, 6) is -1.41. The first-order valence-electron chi connectivity index (χ1n) is 11.9. The second-order valence-corrected chi connectivity index (χ2v) is 10.8. The summed E-state index contributed by atoms with van der Waals surface area (Å²) >= 11 is 1.40. The Morgan fingerprint density at radius 3 is 2.76 bits per heavy atom. The lowest BCUT2D eigenvalue weighted by Crippen LogP contribution is -2.32. The topological polar surface area (TPSA) is 55.3 Å². The Morgan fingerprint density at radius 1 is 1.27 bits per heavy atom. The molecule has 0 bridgehead atoms. The number of rotatable bonds is 9. The molecule has 1 saturated carbocycles. The highest BCUT2D eigenvalue weighted by Gasteiger charge is 2.27. The standard InChI is InChI=1S/C25H33F2N3O2S/c1-17-13-20(7-10-28-17)22(31)14-19-5-3-18(4-6-19)8-11-30-12-9-23-21(15-30)29-24(33-23)32-16-25(2,26)27/h7,10,13,18-19H,3-6,8-9,11-12,14-16H2,1-2H3. The van der Waals surface area contributed by atoms with Gasteiger partial charge < -0.3 is 4.74 Å². The largest absolute Gasteiger partial charge is 0.464 e. The van der Waals surface area contributed by atoms with E-state index in [4.69, 9.17) is 4.74 Å². The average molecular weight is 478 g/mol. The summed E-state index contributed by atoms with van der Waals surface area (Å²) in [6, 6.07) is 3.70. The molecule has 1 aliphatic heterocycles. The van der Waals surface area contributed by atoms with E-state index in [1.807, 2.05) is 19.1 Å². The summed E-state index contributed by atoms with van der Waals surface area (Å²) in [6.45, 7) is 4.93. The molecule has 0 aromatic carbocycles. The number of pyridine rings is 1. The number of aromatic nitrogens is 2. The molecule has 0 atom stereocenters. The van der Waals surface area contributed by atoms with Crippen LogP contribution in [0, 0.1) is 18.8 Å². The van der Waals surface area contributed by atoms with E-state index in [-0.39, 0.29) is 5.78 Å². The first-order valence-corrected chi connectivity index (χ1v) is 12.7. The minimum atomic E-state index is -2.84. The SMILES string of the molecule is Cc1cc(C(=O)CC2CCC(CCN3CCc4sc(OCC(C)(F)F)nc4C3)CC2)ccn1. The predicted molar refractivity (Wildman–Crippen MR) is 125 cm³/mol. The van der Waals surface area contributed by atoms with Gasteiger partial charge in [-0.1, -0.05) is 24.2 Å². The zero-order valence-electron chi connectivity index (χ0n) is 19.5. The number of carbonyl (C=O) groups excluding carboxylic acids is 1. The third kappa shape index (κ3) is 7.03. The molecule has 8 heteroatoms. The smallest absolute Gasteiger partial charge is 0.278 e. The molecule has 1 fully saturated rings. The highest BCUT2D eigenvalue weighted by atomic mass is 32.1. The van der Waals surface area contributed by atoms with E-state index in [9.17, 15) is 13.6 Å². The Hall–Kier alpha value is -1.93. The van der Waals surface area contributed by atoms with Gasteiger partial charge in [-0.05, 0) is 63.1 Å². The fourth-order valence-electron chi connectivity index (χ4n) is 4.86. The van der Waals surface area contributed by atoms with Crippen LogP contribution in [0.5, 0.6) is 5.19 Å². The maximum atomic E-state index is 13.0. The highest BCUT2D eigenvalue weighted by Crippen LogP contribution is 2.35. The molecule has 180 valence electrons. The van der Waals surface area contributed by atoms with Gasteiger partial charge in [0.15, 0.2) is 12.4 Å². The number of ketones is 1. The van der Waals surface area contributed by atoms with Crippen molar-refractivity contribution in [2.75, 3.05) is 19.7 Å². The van der Waals surface area contributed by atoms with Crippen molar-refractivity contribution in [2.24, 2.45) is 11.8 Å². The number of Topliss-reactive ketones (excluding diaryl/α,β-unsaturated/α-hetero) is 1. The summed E-state index contributed by atoms with van der Waals surface area (Å²) in [6.07, 6.45) is 9.05. The van der Waals surface area contributed by atoms with Crippen LogP contribution < -0.4 is 4.74 Å². The maximum Gasteiger partial charge on any atom is 0.278 e. The van der Waals surface area contributed by atoms with Gasteiger partial charge in [-0.2, -0.15) is 0 Å². The summed E-state index contributed by atoms with van der Waals surface area (Å²) in [4.78, 5) is 24.8. The van der Waals surface area contributed by atoms with Crippen molar-refractivity contribution in [1.82, 2.24) is 14.9 Å². The third-order valence-corrected chi connectivity index (χ3v) is 7.82. The highest BCUT2D eigenvalue weighted by molar-refractivity contribution is 7.13. The van der Waals surface area contributed by atoms with E-state index in [1.54, 1.807) is 6.20 Å². The predicted octanol–water partition coefficient (Wildman–Crippen LogP) is 5.71. The number of aryl methyl sites for hydroxylation is 1. The van der Waals surface area contributed by atoms with E-state index >= 15 is 0 Å². The Morgan fingerprint density at radius 2 is 2.03 bits per heavy atom. The molecule has 0 radical (unpaired) electrons. The monoisotopic (exact) mass is 477 g/mol. The summed E-state index contributed by atoms with van der Waals surface area (Å²) in [5, 5.41) is 0.359. The molecule has 0 spiro atoms. The van der Waals surface area contributed by atoms with Gasteiger partial charge in [0.05, 0.1) is 5.69 Å². The van der Waals surface area contributed by atoms with Gasteiger partial charge in [0.1, 0.15) is 0 Å². The zero-order chi connectivity index (χ0) is 23.4. The Labute approximate surface area is 198 Å². The summed E-state index contributed by atoms with van der Waals surface area (Å²) in [5.41, 5.74) is 2.65. The molecular weight excluding hydrogens is 444 g/mol. The van der Waals surface area contributed by atoms with Crippen molar-refractivity contribution in [1.29, 1.82) is 0 Å². The van der Waals surface area contributed by atoms with Crippen molar-refractivity contribution in [2.45, 2.75) is 71.3 Å². The minimum absolute atomic E-state index is 0.238. The van der Waals surface area contributed by atoms with Crippen LogP contribution in [0.1, 0.15) is 72.1 Å². The van der Waals surface area contributed by atoms with Crippen molar-refractivity contribution in [3.63, 3.8) is 0 Å². The van der Waals surface area contributed by atoms with Crippen molar-refractivity contribution in [3.05, 3.63) is 40.2 Å².